The summed E-state index contributed by atoms with van der Waals surface area (Å²) in [5.41, 5.74) is 1.68. The van der Waals surface area contributed by atoms with E-state index in [0.717, 1.165) is 4.88 Å². The zero-order valence-electron chi connectivity index (χ0n) is 10.6. The highest BCUT2D eigenvalue weighted by Crippen LogP contribution is 2.28. The molecule has 21 heavy (non-hydrogen) atoms. The number of aromatic nitrogens is 3. The number of hydrogen-bond donors (Lipinski definition) is 1. The van der Waals surface area contributed by atoms with Crippen molar-refractivity contribution >= 4 is 23.6 Å². The molecule has 1 N–H and O–H groups in total. The second-order valence-electron chi connectivity index (χ2n) is 4.18. The maximum Gasteiger partial charge on any atom is 0.335 e. The molecule has 0 aliphatic rings. The van der Waals surface area contributed by atoms with E-state index in [4.69, 9.17) is 5.11 Å². The highest BCUT2D eigenvalue weighted by molar-refractivity contribution is 7.13. The van der Waals surface area contributed by atoms with Crippen molar-refractivity contribution in [2.24, 2.45) is 0 Å². The molecule has 0 aliphatic heterocycles. The number of nitrogens with zero attached hydrogens (tertiary/aromatic N) is 3. The molecule has 1 aromatic carbocycles. The van der Waals surface area contributed by atoms with Gasteiger partial charge in [-0.05, 0) is 35.7 Å². The molecule has 0 saturated carbocycles. The minimum Gasteiger partial charge on any atom is -0.478 e. The van der Waals surface area contributed by atoms with E-state index >= 15 is 0 Å². The first-order valence-electron chi connectivity index (χ1n) is 5.99. The van der Waals surface area contributed by atoms with E-state index in [-0.39, 0.29) is 11.3 Å². The van der Waals surface area contributed by atoms with Gasteiger partial charge in [0, 0.05) is 0 Å². The fourth-order valence-electron chi connectivity index (χ4n) is 1.94. The lowest BCUT2D eigenvalue weighted by molar-refractivity contribution is 0.0696. The molecule has 2 aromatic heterocycles. The van der Waals surface area contributed by atoms with E-state index in [1.807, 2.05) is 17.5 Å². The van der Waals surface area contributed by atoms with Gasteiger partial charge in [0.2, 0.25) is 0 Å². The van der Waals surface area contributed by atoms with Gasteiger partial charge in [0.25, 0.3) is 0 Å². The molecule has 104 valence electrons. The summed E-state index contributed by atoms with van der Waals surface area (Å²) < 4.78 is 1.53. The van der Waals surface area contributed by atoms with Gasteiger partial charge in [0.05, 0.1) is 16.1 Å². The van der Waals surface area contributed by atoms with Crippen LogP contribution in [0.3, 0.4) is 0 Å². The van der Waals surface area contributed by atoms with Crippen molar-refractivity contribution in [3.05, 3.63) is 53.0 Å². The molecule has 0 spiro atoms. The Hall–Kier alpha value is -2.80. The number of aldehydes is 1. The molecule has 7 heteroatoms. The zero-order valence-corrected chi connectivity index (χ0v) is 11.4. The molecule has 0 bridgehead atoms. The van der Waals surface area contributed by atoms with Crippen LogP contribution in [0.5, 0.6) is 0 Å². The lowest BCUT2D eigenvalue weighted by Crippen LogP contribution is -2.01. The lowest BCUT2D eigenvalue weighted by Gasteiger charge is -2.05. The van der Waals surface area contributed by atoms with E-state index in [9.17, 15) is 9.59 Å². The summed E-state index contributed by atoms with van der Waals surface area (Å²) in [6.45, 7) is 0. The van der Waals surface area contributed by atoms with Crippen molar-refractivity contribution in [3.8, 4) is 16.3 Å². The van der Waals surface area contributed by atoms with Crippen molar-refractivity contribution in [1.82, 2.24) is 15.0 Å². The van der Waals surface area contributed by atoms with Crippen molar-refractivity contribution in [2.45, 2.75) is 0 Å². The summed E-state index contributed by atoms with van der Waals surface area (Å²) in [4.78, 5) is 22.9. The molecule has 0 unspecified atom stereocenters. The number of rotatable bonds is 4. The van der Waals surface area contributed by atoms with Gasteiger partial charge in [0.15, 0.2) is 12.0 Å². The Morgan fingerprint density at radius 1 is 1.24 bits per heavy atom. The number of benzene rings is 1. The molecule has 6 nitrogen and oxygen atoms in total. The summed E-state index contributed by atoms with van der Waals surface area (Å²) in [5.74, 6) is -0.993. The van der Waals surface area contributed by atoms with Gasteiger partial charge in [-0.3, -0.25) is 4.79 Å². The average Bonchev–Trinajstić information content (AvgIpc) is 3.15. The average molecular weight is 299 g/mol. The summed E-state index contributed by atoms with van der Waals surface area (Å²) in [7, 11) is 0. The Balaban J connectivity index is 2.13. The van der Waals surface area contributed by atoms with Gasteiger partial charge in [-0.1, -0.05) is 11.3 Å². The third kappa shape index (κ3) is 2.34. The molecule has 3 aromatic rings. The Bertz CT molecular complexity index is 791. The van der Waals surface area contributed by atoms with E-state index in [0.29, 0.717) is 17.7 Å². The fraction of sp³-hybridized carbons (Fsp3) is 0. The first kappa shape index (κ1) is 13.2. The smallest absolute Gasteiger partial charge is 0.335 e. The molecular formula is C14H9N3O3S. The van der Waals surface area contributed by atoms with Gasteiger partial charge < -0.3 is 5.11 Å². The van der Waals surface area contributed by atoms with Crippen LogP contribution in [0, 0.1) is 0 Å². The molecule has 0 aliphatic carbocycles. The van der Waals surface area contributed by atoms with Gasteiger partial charge in [-0.15, -0.1) is 16.4 Å². The summed E-state index contributed by atoms with van der Waals surface area (Å²) in [5, 5.41) is 18.7. The van der Waals surface area contributed by atoms with E-state index in [1.165, 1.54) is 28.2 Å². The van der Waals surface area contributed by atoms with Crippen LogP contribution in [0.1, 0.15) is 20.8 Å². The van der Waals surface area contributed by atoms with Crippen LogP contribution < -0.4 is 0 Å². The van der Waals surface area contributed by atoms with Crippen molar-refractivity contribution in [2.75, 3.05) is 0 Å². The zero-order chi connectivity index (χ0) is 14.8. The quantitative estimate of drug-likeness (QED) is 0.748. The summed E-state index contributed by atoms with van der Waals surface area (Å²) >= 11 is 1.47. The van der Waals surface area contributed by atoms with Crippen LogP contribution in [0.25, 0.3) is 16.3 Å². The van der Waals surface area contributed by atoms with Gasteiger partial charge in [-0.25, -0.2) is 9.48 Å². The maximum atomic E-state index is 11.1. The Labute approximate surface area is 123 Å². The maximum absolute atomic E-state index is 11.1. The number of thiophene rings is 1. The third-order valence-electron chi connectivity index (χ3n) is 2.92. The highest BCUT2D eigenvalue weighted by Gasteiger charge is 2.16. The number of carbonyl (C=O) groups excluding carboxylic acids is 1. The Kier molecular flexibility index (Phi) is 3.33. The predicted molar refractivity (Wildman–Crippen MR) is 77.0 cm³/mol. The van der Waals surface area contributed by atoms with E-state index < -0.39 is 5.97 Å². The lowest BCUT2D eigenvalue weighted by atomic mass is 10.2. The van der Waals surface area contributed by atoms with Crippen molar-refractivity contribution < 1.29 is 14.7 Å². The fourth-order valence-corrected chi connectivity index (χ4v) is 2.71. The minimum atomic E-state index is -0.993. The Morgan fingerprint density at radius 3 is 2.57 bits per heavy atom. The molecule has 0 radical (unpaired) electrons. The number of carboxylic acid groups (broad SMARTS) is 1. The number of hydrogen-bond acceptors (Lipinski definition) is 5. The minimum absolute atomic E-state index is 0.187. The van der Waals surface area contributed by atoms with Crippen molar-refractivity contribution in [3.63, 3.8) is 0 Å². The van der Waals surface area contributed by atoms with Crippen LogP contribution >= 0.6 is 11.3 Å². The SMILES string of the molecule is O=Cc1nnn(-c2ccc(C(=O)O)cc2)c1-c1cccs1. The van der Waals surface area contributed by atoms with Crippen LogP contribution in [-0.4, -0.2) is 32.4 Å². The predicted octanol–water partition coefficient (Wildman–Crippen LogP) is 2.51. The number of carbonyl (C=O) groups is 2. The Morgan fingerprint density at radius 2 is 2.00 bits per heavy atom. The second kappa shape index (κ2) is 5.29. The molecule has 0 fully saturated rings. The molecule has 3 rings (SSSR count). The van der Waals surface area contributed by atoms with Gasteiger partial charge in [-0.2, -0.15) is 0 Å². The summed E-state index contributed by atoms with van der Waals surface area (Å²) in [6.07, 6.45) is 0.657. The molecule has 0 saturated heterocycles. The standard InChI is InChI=1S/C14H9N3O3S/c18-8-11-13(12-2-1-7-21-12)17(16-15-11)10-5-3-9(4-6-10)14(19)20/h1-8H,(H,19,20). The first-order valence-corrected chi connectivity index (χ1v) is 6.87. The topological polar surface area (TPSA) is 85.1 Å². The van der Waals surface area contributed by atoms with Crippen LogP contribution in [0.2, 0.25) is 0 Å². The highest BCUT2D eigenvalue weighted by atomic mass is 32.1. The van der Waals surface area contributed by atoms with Crippen molar-refractivity contribution in [1.29, 1.82) is 0 Å². The van der Waals surface area contributed by atoms with E-state index in [1.54, 1.807) is 12.1 Å². The molecule has 2 heterocycles. The molecular weight excluding hydrogens is 290 g/mol. The van der Waals surface area contributed by atoms with Crippen LogP contribution in [0.15, 0.2) is 41.8 Å². The second-order valence-corrected chi connectivity index (χ2v) is 5.13. The van der Waals surface area contributed by atoms with Gasteiger partial charge >= 0.3 is 5.97 Å². The van der Waals surface area contributed by atoms with E-state index in [2.05, 4.69) is 10.3 Å². The first-order chi connectivity index (χ1) is 10.2. The van der Waals surface area contributed by atoms with Gasteiger partial charge in [0.1, 0.15) is 5.69 Å². The largest absolute Gasteiger partial charge is 0.478 e. The molecule has 0 atom stereocenters. The normalized spacial score (nSPS) is 10.5. The summed E-state index contributed by atoms with van der Waals surface area (Å²) in [6, 6.07) is 9.97. The van der Waals surface area contributed by atoms with Crippen LogP contribution in [0.4, 0.5) is 0 Å². The van der Waals surface area contributed by atoms with Crippen LogP contribution in [-0.2, 0) is 0 Å². The monoisotopic (exact) mass is 299 g/mol. The molecule has 0 amide bonds. The number of carboxylic acids is 1. The third-order valence-corrected chi connectivity index (χ3v) is 3.80. The number of aromatic carboxylic acids is 1.